The number of carbonyl (C=O) groups excluding carboxylic acids is 1. The Morgan fingerprint density at radius 3 is 2.63 bits per heavy atom. The highest BCUT2D eigenvalue weighted by Gasteiger charge is 2.20. The van der Waals surface area contributed by atoms with Gasteiger partial charge in [0.1, 0.15) is 0 Å². The first-order valence-electron chi connectivity index (χ1n) is 9.03. The summed E-state index contributed by atoms with van der Waals surface area (Å²) in [6.07, 6.45) is 3.66. The Hall–Kier alpha value is -3.34. The molecule has 2 heterocycles. The summed E-state index contributed by atoms with van der Waals surface area (Å²) in [7, 11) is 1.84. The third kappa shape index (κ3) is 3.24. The van der Waals surface area contributed by atoms with E-state index < -0.39 is 0 Å². The summed E-state index contributed by atoms with van der Waals surface area (Å²) in [4.78, 5) is 16.0. The fraction of sp³-hybridized carbons (Fsp3) is 0.182. The van der Waals surface area contributed by atoms with Crippen molar-refractivity contribution in [3.63, 3.8) is 0 Å². The minimum absolute atomic E-state index is 0.0586. The first-order chi connectivity index (χ1) is 13.1. The lowest BCUT2D eigenvalue weighted by molar-refractivity contribution is 0.0951. The second kappa shape index (κ2) is 7.11. The first kappa shape index (κ1) is 17.1. The molecular formula is C22H22N4O. The molecule has 0 saturated carbocycles. The summed E-state index contributed by atoms with van der Waals surface area (Å²) in [6.45, 7) is 2.41. The topological polar surface area (TPSA) is 62.7 Å². The number of fused-ring (bicyclic) bond motifs is 1. The number of aromatic amines is 1. The number of rotatable bonds is 5. The molecule has 5 heteroatoms. The summed E-state index contributed by atoms with van der Waals surface area (Å²) >= 11 is 0. The third-order valence-corrected chi connectivity index (χ3v) is 5.15. The van der Waals surface area contributed by atoms with Crippen LogP contribution in [0.2, 0.25) is 0 Å². The molecule has 2 aromatic heterocycles. The third-order valence-electron chi connectivity index (χ3n) is 5.15. The summed E-state index contributed by atoms with van der Waals surface area (Å²) in [5.74, 6) is -0.0374. The molecule has 5 nitrogen and oxygen atoms in total. The predicted octanol–water partition coefficient (Wildman–Crippen LogP) is 3.77. The van der Waals surface area contributed by atoms with Gasteiger partial charge in [-0.15, -0.1) is 0 Å². The Kier molecular flexibility index (Phi) is 4.50. The number of hydrogen-bond donors (Lipinski definition) is 2. The Morgan fingerprint density at radius 1 is 1.15 bits per heavy atom. The van der Waals surface area contributed by atoms with Crippen LogP contribution in [0.25, 0.3) is 10.9 Å². The number of benzene rings is 2. The summed E-state index contributed by atoms with van der Waals surface area (Å²) in [5, 5.41) is 8.44. The van der Waals surface area contributed by atoms with Crippen LogP contribution < -0.4 is 5.32 Å². The molecule has 2 aromatic carbocycles. The SMILES string of the molecule is Cc1c(C(=O)NCC(c2ccccc2)c2c[nH]c3ccccc23)cnn1C. The Labute approximate surface area is 158 Å². The zero-order valence-corrected chi connectivity index (χ0v) is 15.4. The molecule has 1 unspecified atom stereocenters. The number of amides is 1. The lowest BCUT2D eigenvalue weighted by Gasteiger charge is -2.18. The van der Waals surface area contributed by atoms with Gasteiger partial charge < -0.3 is 10.3 Å². The van der Waals surface area contributed by atoms with E-state index in [2.05, 4.69) is 39.7 Å². The summed E-state index contributed by atoms with van der Waals surface area (Å²) in [6, 6.07) is 18.5. The van der Waals surface area contributed by atoms with E-state index in [1.807, 2.05) is 50.5 Å². The van der Waals surface area contributed by atoms with E-state index >= 15 is 0 Å². The van der Waals surface area contributed by atoms with Crippen molar-refractivity contribution in [3.8, 4) is 0 Å². The molecule has 0 saturated heterocycles. The maximum absolute atomic E-state index is 12.7. The van der Waals surface area contributed by atoms with Crippen LogP contribution in [0.3, 0.4) is 0 Å². The van der Waals surface area contributed by atoms with E-state index in [0.29, 0.717) is 12.1 Å². The Morgan fingerprint density at radius 2 is 1.89 bits per heavy atom. The molecule has 0 spiro atoms. The number of aromatic nitrogens is 3. The van der Waals surface area contributed by atoms with E-state index in [1.165, 1.54) is 16.5 Å². The Bertz CT molecular complexity index is 1080. The smallest absolute Gasteiger partial charge is 0.254 e. The van der Waals surface area contributed by atoms with Gasteiger partial charge in [0.25, 0.3) is 5.91 Å². The average molecular weight is 358 g/mol. The molecule has 0 fully saturated rings. The van der Waals surface area contributed by atoms with Crippen molar-refractivity contribution in [2.24, 2.45) is 7.05 Å². The molecule has 0 aliphatic carbocycles. The monoisotopic (exact) mass is 358 g/mol. The zero-order valence-electron chi connectivity index (χ0n) is 15.4. The molecule has 136 valence electrons. The van der Waals surface area contributed by atoms with Crippen molar-refractivity contribution in [3.05, 3.63) is 89.4 Å². The van der Waals surface area contributed by atoms with Gasteiger partial charge in [-0.1, -0.05) is 48.5 Å². The lowest BCUT2D eigenvalue weighted by atomic mass is 9.91. The van der Waals surface area contributed by atoms with E-state index in [-0.39, 0.29) is 11.8 Å². The van der Waals surface area contributed by atoms with Crippen LogP contribution in [0.5, 0.6) is 0 Å². The van der Waals surface area contributed by atoms with Crippen LogP contribution in [0.4, 0.5) is 0 Å². The van der Waals surface area contributed by atoms with Gasteiger partial charge in [0.15, 0.2) is 0 Å². The number of aryl methyl sites for hydroxylation is 1. The number of nitrogens with one attached hydrogen (secondary N) is 2. The second-order valence-electron chi connectivity index (χ2n) is 6.73. The van der Waals surface area contributed by atoms with Gasteiger partial charge in [0, 0.05) is 42.3 Å². The predicted molar refractivity (Wildman–Crippen MR) is 107 cm³/mol. The highest BCUT2D eigenvalue weighted by atomic mass is 16.1. The molecule has 0 bridgehead atoms. The largest absolute Gasteiger partial charge is 0.361 e. The van der Waals surface area contributed by atoms with Gasteiger partial charge in [0.05, 0.1) is 11.8 Å². The van der Waals surface area contributed by atoms with Gasteiger partial charge in [-0.2, -0.15) is 5.10 Å². The van der Waals surface area contributed by atoms with Gasteiger partial charge in [0.2, 0.25) is 0 Å². The molecule has 4 aromatic rings. The van der Waals surface area contributed by atoms with Crippen LogP contribution in [-0.4, -0.2) is 27.2 Å². The van der Waals surface area contributed by atoms with Crippen molar-refractivity contribution >= 4 is 16.8 Å². The minimum Gasteiger partial charge on any atom is -0.361 e. The van der Waals surface area contributed by atoms with E-state index in [9.17, 15) is 4.79 Å². The lowest BCUT2D eigenvalue weighted by Crippen LogP contribution is -2.29. The fourth-order valence-corrected chi connectivity index (χ4v) is 3.49. The van der Waals surface area contributed by atoms with Crippen molar-refractivity contribution in [1.82, 2.24) is 20.1 Å². The molecule has 4 rings (SSSR count). The van der Waals surface area contributed by atoms with Crippen molar-refractivity contribution in [2.75, 3.05) is 6.54 Å². The summed E-state index contributed by atoms with van der Waals surface area (Å²) in [5.41, 5.74) is 4.92. The molecule has 0 radical (unpaired) electrons. The number of para-hydroxylation sites is 1. The quantitative estimate of drug-likeness (QED) is 0.570. The molecule has 1 amide bonds. The number of H-pyrrole nitrogens is 1. The minimum atomic E-state index is -0.0960. The van der Waals surface area contributed by atoms with E-state index in [4.69, 9.17) is 0 Å². The molecule has 27 heavy (non-hydrogen) atoms. The van der Waals surface area contributed by atoms with Crippen LogP contribution in [0.15, 0.2) is 67.0 Å². The number of hydrogen-bond acceptors (Lipinski definition) is 2. The molecular weight excluding hydrogens is 336 g/mol. The van der Waals surface area contributed by atoms with Crippen LogP contribution in [0, 0.1) is 6.92 Å². The first-order valence-corrected chi connectivity index (χ1v) is 9.03. The fourth-order valence-electron chi connectivity index (χ4n) is 3.49. The van der Waals surface area contributed by atoms with E-state index in [1.54, 1.807) is 10.9 Å². The molecule has 0 aliphatic rings. The normalized spacial score (nSPS) is 12.2. The number of carbonyl (C=O) groups is 1. The highest BCUT2D eigenvalue weighted by Crippen LogP contribution is 2.30. The van der Waals surface area contributed by atoms with Gasteiger partial charge >= 0.3 is 0 Å². The van der Waals surface area contributed by atoms with Crippen molar-refractivity contribution in [1.29, 1.82) is 0 Å². The molecule has 1 atom stereocenters. The second-order valence-corrected chi connectivity index (χ2v) is 6.73. The van der Waals surface area contributed by atoms with Gasteiger partial charge in [-0.25, -0.2) is 0 Å². The Balaban J connectivity index is 1.65. The van der Waals surface area contributed by atoms with Gasteiger partial charge in [-0.05, 0) is 24.1 Å². The van der Waals surface area contributed by atoms with E-state index in [0.717, 1.165) is 11.2 Å². The molecule has 2 N–H and O–H groups in total. The van der Waals surface area contributed by atoms with Gasteiger partial charge in [-0.3, -0.25) is 9.48 Å². The molecule has 0 aliphatic heterocycles. The number of nitrogens with zero attached hydrogens (tertiary/aromatic N) is 2. The maximum atomic E-state index is 12.7. The maximum Gasteiger partial charge on any atom is 0.254 e. The zero-order chi connectivity index (χ0) is 18.8. The highest BCUT2D eigenvalue weighted by molar-refractivity contribution is 5.95. The average Bonchev–Trinajstić information content (AvgIpc) is 3.27. The van der Waals surface area contributed by atoms with Crippen LogP contribution >= 0.6 is 0 Å². The standard InChI is InChI=1S/C22H22N4O/c1-15-18(14-25-26(15)2)22(27)24-12-19(16-8-4-3-5-9-16)20-13-23-21-11-7-6-10-17(20)21/h3-11,13-14,19,23H,12H2,1-2H3,(H,24,27). The van der Waals surface area contributed by atoms with Crippen molar-refractivity contribution < 1.29 is 4.79 Å². The summed E-state index contributed by atoms with van der Waals surface area (Å²) < 4.78 is 1.71. The van der Waals surface area contributed by atoms with Crippen LogP contribution in [-0.2, 0) is 7.05 Å². The van der Waals surface area contributed by atoms with Crippen LogP contribution in [0.1, 0.15) is 33.1 Å². The van der Waals surface area contributed by atoms with Crippen molar-refractivity contribution in [2.45, 2.75) is 12.8 Å².